The topological polar surface area (TPSA) is 116 Å². The van der Waals surface area contributed by atoms with E-state index < -0.39 is 0 Å². The average molecular weight is 521 g/mol. The number of rotatable bonds is 11. The Morgan fingerprint density at radius 1 is 0.846 bits per heavy atom. The van der Waals surface area contributed by atoms with Crippen LogP contribution < -0.4 is 11.1 Å². The first-order valence-corrected chi connectivity index (χ1v) is 13.4. The van der Waals surface area contributed by atoms with Crippen molar-refractivity contribution in [1.29, 1.82) is 0 Å². The normalized spacial score (nSPS) is 11.2. The van der Waals surface area contributed by atoms with Gasteiger partial charge in [0.05, 0.1) is 5.52 Å². The van der Waals surface area contributed by atoms with E-state index in [1.807, 2.05) is 30.3 Å². The summed E-state index contributed by atoms with van der Waals surface area (Å²) in [6, 6.07) is 19.7. The molecule has 3 N–H and O–H groups in total. The number of hydrogen-bond acceptors (Lipinski definition) is 6. The Morgan fingerprint density at radius 2 is 1.59 bits per heavy atom. The van der Waals surface area contributed by atoms with Crippen molar-refractivity contribution in [1.82, 2.24) is 24.8 Å². The predicted molar refractivity (Wildman–Crippen MR) is 154 cm³/mol. The van der Waals surface area contributed by atoms with Gasteiger partial charge in [0, 0.05) is 42.4 Å². The maximum absolute atomic E-state index is 12.7. The van der Waals surface area contributed by atoms with Gasteiger partial charge in [-0.2, -0.15) is 0 Å². The van der Waals surface area contributed by atoms with Crippen LogP contribution in [0, 0.1) is 0 Å². The number of anilines is 1. The van der Waals surface area contributed by atoms with E-state index in [0.717, 1.165) is 61.0 Å². The number of hydrogen-bond donors (Lipinski definition) is 2. The molecule has 0 saturated carbocycles. The van der Waals surface area contributed by atoms with Crippen molar-refractivity contribution in [3.8, 4) is 0 Å². The predicted octanol–water partition coefficient (Wildman–Crippen LogP) is 5.35. The molecule has 198 valence electrons. The Hall–Kier alpha value is -4.59. The molecule has 39 heavy (non-hydrogen) atoms. The van der Waals surface area contributed by atoms with Crippen LogP contribution in [0.1, 0.15) is 64.7 Å². The maximum Gasteiger partial charge on any atom is 0.251 e. The van der Waals surface area contributed by atoms with E-state index >= 15 is 0 Å². The van der Waals surface area contributed by atoms with Crippen molar-refractivity contribution in [2.75, 3.05) is 12.3 Å². The Morgan fingerprint density at radius 3 is 2.36 bits per heavy atom. The zero-order valence-corrected chi connectivity index (χ0v) is 22.1. The lowest BCUT2D eigenvalue weighted by atomic mass is 10.0. The molecule has 0 aliphatic heterocycles. The van der Waals surface area contributed by atoms with Gasteiger partial charge >= 0.3 is 0 Å². The molecule has 0 bridgehead atoms. The van der Waals surface area contributed by atoms with E-state index in [9.17, 15) is 9.59 Å². The number of aromatic nitrogens is 4. The van der Waals surface area contributed by atoms with Crippen LogP contribution in [0.3, 0.4) is 0 Å². The summed E-state index contributed by atoms with van der Waals surface area (Å²) >= 11 is 0. The summed E-state index contributed by atoms with van der Waals surface area (Å²) in [6.07, 6.45) is 6.39. The summed E-state index contributed by atoms with van der Waals surface area (Å²) in [5, 5.41) is 2.99. The summed E-state index contributed by atoms with van der Waals surface area (Å²) in [6.45, 7) is 3.46. The number of imidazole rings is 1. The van der Waals surface area contributed by atoms with Crippen LogP contribution in [0.4, 0.5) is 5.82 Å². The number of pyridine rings is 2. The monoisotopic (exact) mass is 520 g/mol. The molecule has 8 heteroatoms. The molecule has 0 spiro atoms. The lowest BCUT2D eigenvalue weighted by Crippen LogP contribution is -2.24. The second-order valence-electron chi connectivity index (χ2n) is 9.58. The van der Waals surface area contributed by atoms with Gasteiger partial charge in [-0.05, 0) is 43.5 Å². The van der Waals surface area contributed by atoms with E-state index in [4.69, 9.17) is 10.7 Å². The number of fused-ring (bicyclic) bond motifs is 3. The van der Waals surface area contributed by atoms with Crippen LogP contribution >= 0.6 is 0 Å². The summed E-state index contributed by atoms with van der Waals surface area (Å²) in [5.74, 6) is 1.20. The number of carbonyl (C=O) groups is 2. The average Bonchev–Trinajstić information content (AvgIpc) is 3.35. The molecule has 5 rings (SSSR count). The number of ketones is 1. The third-order valence-electron chi connectivity index (χ3n) is 6.83. The van der Waals surface area contributed by atoms with Gasteiger partial charge in [-0.25, -0.2) is 9.97 Å². The van der Waals surface area contributed by atoms with E-state index in [0.29, 0.717) is 34.6 Å². The Bertz CT molecular complexity index is 1610. The van der Waals surface area contributed by atoms with Gasteiger partial charge in [0.15, 0.2) is 11.6 Å². The molecule has 5 aromatic rings. The van der Waals surface area contributed by atoms with E-state index in [-0.39, 0.29) is 11.7 Å². The molecular formula is C31H32N6O2. The lowest BCUT2D eigenvalue weighted by molar-refractivity contribution is 0.0951. The van der Waals surface area contributed by atoms with E-state index in [1.165, 1.54) is 0 Å². The zero-order chi connectivity index (χ0) is 27.2. The molecule has 0 aliphatic rings. The molecule has 0 saturated heterocycles. The first-order chi connectivity index (χ1) is 19.1. The first kappa shape index (κ1) is 26.0. The number of nitrogen functional groups attached to an aromatic ring is 1. The van der Waals surface area contributed by atoms with Crippen molar-refractivity contribution in [2.24, 2.45) is 0 Å². The molecule has 3 heterocycles. The number of nitrogens with zero attached hydrogens (tertiary/aromatic N) is 4. The van der Waals surface area contributed by atoms with Gasteiger partial charge in [0.1, 0.15) is 22.4 Å². The second-order valence-corrected chi connectivity index (χ2v) is 9.58. The van der Waals surface area contributed by atoms with Crippen LogP contribution in [0.2, 0.25) is 0 Å². The molecule has 1 amide bonds. The van der Waals surface area contributed by atoms with Gasteiger partial charge in [-0.1, -0.05) is 55.8 Å². The van der Waals surface area contributed by atoms with Crippen LogP contribution in [0.5, 0.6) is 0 Å². The number of nitrogens with two attached hydrogens (primary N) is 1. The fourth-order valence-electron chi connectivity index (χ4n) is 4.76. The van der Waals surface area contributed by atoms with Gasteiger partial charge < -0.3 is 15.6 Å². The Labute approximate surface area is 227 Å². The highest BCUT2D eigenvalue weighted by atomic mass is 16.1. The Kier molecular flexibility index (Phi) is 7.91. The standard InChI is InChI=1S/C31H32N6O2/c1-2-3-13-25-36-27-28(26-24(35-30(27)32)12-9-19-33-26)37(25)20-8-7-18-34-31(39)23-16-14-22(15-17-23)29(38)21-10-5-4-6-11-21/h4-6,9-12,14-17,19H,2-3,7-8,13,18,20H2,1H3,(H2,32,35)(H,34,39). The van der Waals surface area contributed by atoms with Crippen molar-refractivity contribution < 1.29 is 9.59 Å². The summed E-state index contributed by atoms with van der Waals surface area (Å²) in [4.78, 5) is 39.2. The number of aryl methyl sites for hydroxylation is 2. The van der Waals surface area contributed by atoms with Crippen molar-refractivity contribution in [3.63, 3.8) is 0 Å². The molecule has 0 aliphatic carbocycles. The molecule has 0 unspecified atom stereocenters. The van der Waals surface area contributed by atoms with Crippen LogP contribution in [0.15, 0.2) is 72.9 Å². The second kappa shape index (κ2) is 11.9. The summed E-state index contributed by atoms with van der Waals surface area (Å²) < 4.78 is 2.22. The fraction of sp³-hybridized carbons (Fsp3) is 0.258. The molecule has 8 nitrogen and oxygen atoms in total. The number of benzene rings is 2. The first-order valence-electron chi connectivity index (χ1n) is 13.4. The van der Waals surface area contributed by atoms with Gasteiger partial charge in [-0.3, -0.25) is 14.6 Å². The highest BCUT2D eigenvalue weighted by Gasteiger charge is 2.18. The largest absolute Gasteiger partial charge is 0.382 e. The molecule has 0 atom stereocenters. The zero-order valence-electron chi connectivity index (χ0n) is 22.1. The van der Waals surface area contributed by atoms with Gasteiger partial charge in [-0.15, -0.1) is 0 Å². The maximum atomic E-state index is 12.7. The number of carbonyl (C=O) groups excluding carboxylic acids is 2. The number of unbranched alkanes of at least 4 members (excludes halogenated alkanes) is 2. The van der Waals surface area contributed by atoms with Crippen molar-refractivity contribution >= 4 is 39.6 Å². The molecule has 0 radical (unpaired) electrons. The smallest absolute Gasteiger partial charge is 0.251 e. The fourth-order valence-corrected chi connectivity index (χ4v) is 4.76. The SMILES string of the molecule is CCCCc1nc2c(N)nc3cccnc3c2n1CCCCNC(=O)c1ccc(C(=O)c2ccccc2)cc1. The highest BCUT2D eigenvalue weighted by molar-refractivity contribution is 6.09. The van der Waals surface area contributed by atoms with Gasteiger partial charge in [0.25, 0.3) is 5.91 Å². The van der Waals surface area contributed by atoms with Crippen LogP contribution in [-0.4, -0.2) is 37.8 Å². The molecule has 2 aromatic carbocycles. The minimum atomic E-state index is -0.153. The number of nitrogens with one attached hydrogen (secondary N) is 1. The number of amides is 1. The minimum Gasteiger partial charge on any atom is -0.382 e. The van der Waals surface area contributed by atoms with Crippen molar-refractivity contribution in [3.05, 3.63) is 95.4 Å². The molecule has 3 aromatic heterocycles. The minimum absolute atomic E-state index is 0.0617. The Balaban J connectivity index is 1.22. The lowest BCUT2D eigenvalue weighted by Gasteiger charge is -2.11. The van der Waals surface area contributed by atoms with E-state index in [2.05, 4.69) is 26.8 Å². The van der Waals surface area contributed by atoms with Crippen LogP contribution in [-0.2, 0) is 13.0 Å². The quantitative estimate of drug-likeness (QED) is 0.179. The summed E-state index contributed by atoms with van der Waals surface area (Å²) in [5.41, 5.74) is 11.2. The highest BCUT2D eigenvalue weighted by Crippen LogP contribution is 2.28. The third-order valence-corrected chi connectivity index (χ3v) is 6.83. The third kappa shape index (κ3) is 5.65. The van der Waals surface area contributed by atoms with Crippen LogP contribution in [0.25, 0.3) is 22.1 Å². The van der Waals surface area contributed by atoms with Gasteiger partial charge in [0.2, 0.25) is 0 Å². The van der Waals surface area contributed by atoms with E-state index in [1.54, 1.807) is 42.6 Å². The molecule has 0 fully saturated rings. The molecular weight excluding hydrogens is 488 g/mol. The summed E-state index contributed by atoms with van der Waals surface area (Å²) in [7, 11) is 0. The van der Waals surface area contributed by atoms with Crippen molar-refractivity contribution in [2.45, 2.75) is 45.6 Å².